The number of carbonyl (C=O) groups excluding carboxylic acids is 1. The van der Waals surface area contributed by atoms with Gasteiger partial charge in [0.15, 0.2) is 0 Å². The topological polar surface area (TPSA) is 36.7 Å². The van der Waals surface area contributed by atoms with Gasteiger partial charge in [-0.1, -0.05) is 30.7 Å². The monoisotopic (exact) mass is 386 g/mol. The molecule has 1 aromatic carbocycles. The van der Waals surface area contributed by atoms with Crippen LogP contribution in [-0.4, -0.2) is 41.9 Å². The lowest BCUT2D eigenvalue weighted by molar-refractivity contribution is -0.126. The van der Waals surface area contributed by atoms with E-state index in [-0.39, 0.29) is 5.91 Å². The minimum Gasteiger partial charge on any atom is -0.465 e. The van der Waals surface area contributed by atoms with Crippen molar-refractivity contribution in [2.24, 2.45) is 5.92 Å². The Hall–Kier alpha value is -2.04. The van der Waals surface area contributed by atoms with Crippen molar-refractivity contribution in [3.05, 3.63) is 65.1 Å². The molecule has 2 heterocycles. The number of benzene rings is 1. The van der Waals surface area contributed by atoms with Crippen LogP contribution in [0.4, 0.5) is 0 Å². The van der Waals surface area contributed by atoms with E-state index in [0.717, 1.165) is 31.1 Å². The van der Waals surface area contributed by atoms with Crippen molar-refractivity contribution in [2.75, 3.05) is 26.2 Å². The molecule has 1 saturated heterocycles. The minimum absolute atomic E-state index is 0.00766. The van der Waals surface area contributed by atoms with Crippen LogP contribution in [0.25, 0.3) is 6.08 Å². The third kappa shape index (κ3) is 6.26. The largest absolute Gasteiger partial charge is 0.465 e. The van der Waals surface area contributed by atoms with Gasteiger partial charge in [-0.3, -0.25) is 4.79 Å². The molecule has 1 amide bonds. The lowest BCUT2D eigenvalue weighted by Crippen LogP contribution is -2.40. The summed E-state index contributed by atoms with van der Waals surface area (Å²) in [5.41, 5.74) is 1.08. The van der Waals surface area contributed by atoms with Crippen LogP contribution in [0, 0.1) is 5.92 Å². The Bertz CT molecular complexity index is 732. The average Bonchev–Trinajstić information content (AvgIpc) is 3.19. The second kappa shape index (κ2) is 9.77. The van der Waals surface area contributed by atoms with E-state index in [1.165, 1.54) is 12.8 Å². The van der Waals surface area contributed by atoms with E-state index in [2.05, 4.69) is 11.8 Å². The Labute approximate surface area is 166 Å². The quantitative estimate of drug-likeness (QED) is 0.647. The molecule has 4 nitrogen and oxygen atoms in total. The summed E-state index contributed by atoms with van der Waals surface area (Å²) >= 11 is 5.98. The molecule has 27 heavy (non-hydrogen) atoms. The summed E-state index contributed by atoms with van der Waals surface area (Å²) in [5, 5.41) is 0.705. The number of rotatable bonds is 7. The fourth-order valence-corrected chi connectivity index (χ4v) is 3.40. The lowest BCUT2D eigenvalue weighted by atomic mass is 9.99. The highest BCUT2D eigenvalue weighted by molar-refractivity contribution is 6.30. The average molecular weight is 387 g/mol. The zero-order valence-corrected chi connectivity index (χ0v) is 16.6. The molecule has 1 aliphatic rings. The molecule has 0 unspecified atom stereocenters. The van der Waals surface area contributed by atoms with Crippen molar-refractivity contribution in [3.8, 4) is 0 Å². The first-order chi connectivity index (χ1) is 13.1. The number of nitrogens with zero attached hydrogens (tertiary/aromatic N) is 2. The first-order valence-electron chi connectivity index (χ1n) is 9.57. The number of furan rings is 1. The lowest BCUT2D eigenvalue weighted by Gasteiger charge is -2.32. The van der Waals surface area contributed by atoms with Gasteiger partial charge in [-0.25, -0.2) is 0 Å². The maximum Gasteiger partial charge on any atom is 0.247 e. The fraction of sp³-hybridized carbons (Fsp3) is 0.409. The minimum atomic E-state index is -0.00766. The van der Waals surface area contributed by atoms with Crippen LogP contribution in [0.2, 0.25) is 5.02 Å². The van der Waals surface area contributed by atoms with Gasteiger partial charge < -0.3 is 14.2 Å². The number of amides is 1. The highest BCUT2D eigenvalue weighted by Gasteiger charge is 2.18. The molecule has 3 rings (SSSR count). The third-order valence-corrected chi connectivity index (χ3v) is 5.35. The number of halogens is 1. The molecule has 0 spiro atoms. The summed E-state index contributed by atoms with van der Waals surface area (Å²) < 4.78 is 5.28. The number of likely N-dealkylation sites (tertiary alicyclic amines) is 1. The number of carbonyl (C=O) groups is 1. The molecule has 1 aromatic heterocycles. The Morgan fingerprint density at radius 2 is 2.00 bits per heavy atom. The summed E-state index contributed by atoms with van der Waals surface area (Å²) in [5.74, 6) is 1.48. The van der Waals surface area contributed by atoms with E-state index in [4.69, 9.17) is 16.0 Å². The van der Waals surface area contributed by atoms with Crippen LogP contribution in [0.3, 0.4) is 0 Å². The molecule has 0 aliphatic carbocycles. The van der Waals surface area contributed by atoms with E-state index >= 15 is 0 Å². The molecule has 1 fully saturated rings. The summed E-state index contributed by atoms with van der Waals surface area (Å²) in [7, 11) is 0. The van der Waals surface area contributed by atoms with Gasteiger partial charge in [0.25, 0.3) is 0 Å². The van der Waals surface area contributed by atoms with Crippen molar-refractivity contribution < 1.29 is 9.21 Å². The smallest absolute Gasteiger partial charge is 0.247 e. The SMILES string of the molecule is CC1CCN(CCN(Cc2ccc(Cl)cc2)C(=O)/C=C/c2ccco2)CC1. The van der Waals surface area contributed by atoms with Crippen molar-refractivity contribution in [3.63, 3.8) is 0 Å². The second-order valence-corrected chi connectivity index (χ2v) is 7.70. The van der Waals surface area contributed by atoms with Crippen LogP contribution < -0.4 is 0 Å². The van der Waals surface area contributed by atoms with Crippen LogP contribution >= 0.6 is 11.6 Å². The normalized spacial score (nSPS) is 16.1. The summed E-state index contributed by atoms with van der Waals surface area (Å²) in [6, 6.07) is 11.3. The van der Waals surface area contributed by atoms with Gasteiger partial charge in [-0.2, -0.15) is 0 Å². The Balaban J connectivity index is 1.63. The van der Waals surface area contributed by atoms with Crippen LogP contribution in [-0.2, 0) is 11.3 Å². The Kier molecular flexibility index (Phi) is 7.13. The molecule has 2 aromatic rings. The number of piperidine rings is 1. The van der Waals surface area contributed by atoms with E-state index in [1.54, 1.807) is 18.4 Å². The highest BCUT2D eigenvalue weighted by atomic mass is 35.5. The van der Waals surface area contributed by atoms with Crippen LogP contribution in [0.15, 0.2) is 53.2 Å². The molecular formula is C22H27ClN2O2. The number of hydrogen-bond donors (Lipinski definition) is 0. The van der Waals surface area contributed by atoms with Gasteiger partial charge in [0.1, 0.15) is 5.76 Å². The molecular weight excluding hydrogens is 360 g/mol. The van der Waals surface area contributed by atoms with Crippen molar-refractivity contribution >= 4 is 23.6 Å². The van der Waals surface area contributed by atoms with Gasteiger partial charge >= 0.3 is 0 Å². The van der Waals surface area contributed by atoms with E-state index in [9.17, 15) is 4.79 Å². The predicted molar refractivity (Wildman–Crippen MR) is 109 cm³/mol. The first-order valence-corrected chi connectivity index (χ1v) is 9.95. The van der Waals surface area contributed by atoms with E-state index in [0.29, 0.717) is 23.9 Å². The van der Waals surface area contributed by atoms with E-state index in [1.807, 2.05) is 41.3 Å². The maximum absolute atomic E-state index is 12.8. The fourth-order valence-electron chi connectivity index (χ4n) is 3.27. The van der Waals surface area contributed by atoms with Crippen LogP contribution in [0.1, 0.15) is 31.1 Å². The van der Waals surface area contributed by atoms with Gasteiger partial charge in [0.2, 0.25) is 5.91 Å². The second-order valence-electron chi connectivity index (χ2n) is 7.26. The Morgan fingerprint density at radius 1 is 1.26 bits per heavy atom. The molecule has 5 heteroatoms. The summed E-state index contributed by atoms with van der Waals surface area (Å²) in [6.45, 7) is 6.73. The molecule has 0 bridgehead atoms. The van der Waals surface area contributed by atoms with Crippen molar-refractivity contribution in [1.82, 2.24) is 9.80 Å². The first kappa shape index (κ1) is 19.7. The van der Waals surface area contributed by atoms with Crippen molar-refractivity contribution in [1.29, 1.82) is 0 Å². The van der Waals surface area contributed by atoms with E-state index < -0.39 is 0 Å². The Morgan fingerprint density at radius 3 is 2.67 bits per heavy atom. The highest BCUT2D eigenvalue weighted by Crippen LogP contribution is 2.16. The predicted octanol–water partition coefficient (Wildman–Crippen LogP) is 4.71. The zero-order valence-electron chi connectivity index (χ0n) is 15.8. The zero-order chi connectivity index (χ0) is 19.1. The third-order valence-electron chi connectivity index (χ3n) is 5.09. The van der Waals surface area contributed by atoms with Gasteiger partial charge in [-0.15, -0.1) is 0 Å². The van der Waals surface area contributed by atoms with Gasteiger partial charge in [-0.05, 0) is 67.8 Å². The van der Waals surface area contributed by atoms with Crippen LogP contribution in [0.5, 0.6) is 0 Å². The summed E-state index contributed by atoms with van der Waals surface area (Å²) in [4.78, 5) is 17.1. The molecule has 0 N–H and O–H groups in total. The number of hydrogen-bond acceptors (Lipinski definition) is 3. The molecule has 0 radical (unpaired) electrons. The molecule has 0 atom stereocenters. The molecule has 1 aliphatic heterocycles. The molecule has 144 valence electrons. The summed E-state index contributed by atoms with van der Waals surface area (Å²) in [6.07, 6.45) is 7.40. The van der Waals surface area contributed by atoms with Gasteiger partial charge in [0, 0.05) is 30.7 Å². The van der Waals surface area contributed by atoms with Crippen molar-refractivity contribution in [2.45, 2.75) is 26.3 Å². The van der Waals surface area contributed by atoms with Gasteiger partial charge in [0.05, 0.1) is 6.26 Å². The standard InChI is InChI=1S/C22H27ClN2O2/c1-18-10-12-24(13-11-18)14-15-25(17-19-4-6-20(23)7-5-19)22(26)9-8-21-3-2-16-27-21/h2-9,16,18H,10-15,17H2,1H3/b9-8+. The molecule has 0 saturated carbocycles. The maximum atomic E-state index is 12.8.